The maximum Gasteiger partial charge on any atom is 0.327 e. The van der Waals surface area contributed by atoms with E-state index >= 15 is 0 Å². The standard InChI is InChI=1S/C16H24N2O3/c1-17-9-14(20)18(15(17)21)8-13(19)16-5-10-2-11(6-16)4-12(3-10)7-16/h10-13,19H,2-9H2,1H3. The molecule has 21 heavy (non-hydrogen) atoms. The number of carbonyl (C=O) groups excluding carboxylic acids is 2. The van der Waals surface area contributed by atoms with Crippen molar-refractivity contribution in [3.63, 3.8) is 0 Å². The third kappa shape index (κ3) is 2.00. The predicted molar refractivity (Wildman–Crippen MR) is 76.4 cm³/mol. The predicted octanol–water partition coefficient (Wildman–Crippen LogP) is 1.46. The van der Waals surface area contributed by atoms with Crippen LogP contribution in [-0.4, -0.2) is 53.1 Å². The van der Waals surface area contributed by atoms with Gasteiger partial charge < -0.3 is 10.0 Å². The Morgan fingerprint density at radius 2 is 1.67 bits per heavy atom. The van der Waals surface area contributed by atoms with Crippen LogP contribution in [0.1, 0.15) is 38.5 Å². The first-order valence-electron chi connectivity index (χ1n) is 8.20. The third-order valence-electron chi connectivity index (χ3n) is 6.38. The van der Waals surface area contributed by atoms with Crippen molar-refractivity contribution < 1.29 is 14.7 Å². The van der Waals surface area contributed by atoms with Gasteiger partial charge in [-0.15, -0.1) is 0 Å². The number of rotatable bonds is 3. The summed E-state index contributed by atoms with van der Waals surface area (Å²) in [5.41, 5.74) is -0.0313. The fourth-order valence-corrected chi connectivity index (χ4v) is 5.80. The van der Waals surface area contributed by atoms with Gasteiger partial charge in [-0.3, -0.25) is 9.69 Å². The highest BCUT2D eigenvalue weighted by atomic mass is 16.3. The number of carbonyl (C=O) groups is 2. The van der Waals surface area contributed by atoms with Gasteiger partial charge in [-0.1, -0.05) is 0 Å². The van der Waals surface area contributed by atoms with E-state index in [0.717, 1.165) is 37.0 Å². The Morgan fingerprint density at radius 1 is 1.14 bits per heavy atom. The fourth-order valence-electron chi connectivity index (χ4n) is 5.80. The molecule has 0 radical (unpaired) electrons. The number of nitrogens with zero attached hydrogens (tertiary/aromatic N) is 2. The number of hydrogen-bond acceptors (Lipinski definition) is 3. The Bertz CT molecular complexity index is 455. The van der Waals surface area contributed by atoms with Crippen LogP contribution in [0.5, 0.6) is 0 Å². The molecule has 1 heterocycles. The van der Waals surface area contributed by atoms with Gasteiger partial charge in [0.2, 0.25) is 5.91 Å². The van der Waals surface area contributed by atoms with E-state index in [1.165, 1.54) is 29.1 Å². The lowest BCUT2D eigenvalue weighted by molar-refractivity contribution is -0.136. The van der Waals surface area contributed by atoms with Gasteiger partial charge >= 0.3 is 6.03 Å². The average molecular weight is 292 g/mol. The SMILES string of the molecule is CN1CC(=O)N(CC(O)C23CC4CC(CC(C4)C2)C3)C1=O. The summed E-state index contributed by atoms with van der Waals surface area (Å²) >= 11 is 0. The molecule has 5 fully saturated rings. The quantitative estimate of drug-likeness (QED) is 0.801. The minimum atomic E-state index is -0.551. The fraction of sp³-hybridized carbons (Fsp3) is 0.875. The molecule has 1 aliphatic heterocycles. The zero-order valence-electron chi connectivity index (χ0n) is 12.6. The first-order valence-corrected chi connectivity index (χ1v) is 8.20. The van der Waals surface area contributed by atoms with Crippen molar-refractivity contribution in [2.24, 2.45) is 23.2 Å². The molecule has 4 aliphatic carbocycles. The van der Waals surface area contributed by atoms with Gasteiger partial charge in [0.15, 0.2) is 0 Å². The minimum Gasteiger partial charge on any atom is -0.391 e. The molecule has 0 aromatic carbocycles. The first-order chi connectivity index (χ1) is 9.97. The molecule has 0 aromatic heterocycles. The van der Waals surface area contributed by atoms with Crippen molar-refractivity contribution in [3.05, 3.63) is 0 Å². The molecule has 116 valence electrons. The smallest absolute Gasteiger partial charge is 0.327 e. The number of aliphatic hydroxyl groups is 1. The molecule has 1 N–H and O–H groups in total. The van der Waals surface area contributed by atoms with Crippen LogP contribution in [0, 0.1) is 23.2 Å². The summed E-state index contributed by atoms with van der Waals surface area (Å²) in [6, 6.07) is -0.260. The van der Waals surface area contributed by atoms with E-state index in [9.17, 15) is 14.7 Å². The molecule has 1 atom stereocenters. The Morgan fingerprint density at radius 3 is 2.10 bits per heavy atom. The second-order valence-corrected chi connectivity index (χ2v) is 7.94. The Kier molecular flexibility index (Phi) is 2.87. The van der Waals surface area contributed by atoms with Crippen molar-refractivity contribution in [1.29, 1.82) is 0 Å². The van der Waals surface area contributed by atoms with Crippen molar-refractivity contribution in [1.82, 2.24) is 9.80 Å². The molecule has 5 rings (SSSR count). The van der Waals surface area contributed by atoms with Crippen LogP contribution in [-0.2, 0) is 4.79 Å². The second kappa shape index (κ2) is 4.45. The molecule has 5 aliphatic rings. The summed E-state index contributed by atoms with van der Waals surface area (Å²) in [6.07, 6.45) is 6.71. The van der Waals surface area contributed by atoms with E-state index in [1.54, 1.807) is 7.05 Å². The lowest BCUT2D eigenvalue weighted by atomic mass is 9.48. The number of aliphatic hydroxyl groups excluding tert-OH is 1. The van der Waals surface area contributed by atoms with E-state index < -0.39 is 6.10 Å². The molecule has 0 spiro atoms. The molecule has 3 amide bonds. The highest BCUT2D eigenvalue weighted by Gasteiger charge is 2.54. The maximum absolute atomic E-state index is 12.0. The lowest BCUT2D eigenvalue weighted by Gasteiger charge is -2.58. The van der Waals surface area contributed by atoms with Gasteiger partial charge in [0.1, 0.15) is 6.54 Å². The molecule has 4 bridgehead atoms. The topological polar surface area (TPSA) is 60.9 Å². The molecule has 1 unspecified atom stereocenters. The van der Waals surface area contributed by atoms with Gasteiger partial charge in [0, 0.05) is 7.05 Å². The highest BCUT2D eigenvalue weighted by molar-refractivity contribution is 6.01. The minimum absolute atomic E-state index is 0.0313. The summed E-state index contributed by atoms with van der Waals surface area (Å²) in [7, 11) is 1.64. The Balaban J connectivity index is 1.51. The molecule has 5 heteroatoms. The lowest BCUT2D eigenvalue weighted by Crippen LogP contribution is -2.55. The van der Waals surface area contributed by atoms with Crippen LogP contribution < -0.4 is 0 Å². The number of likely N-dealkylation sites (N-methyl/N-ethyl adjacent to an activating group) is 1. The molecule has 0 aromatic rings. The zero-order valence-corrected chi connectivity index (χ0v) is 12.6. The summed E-state index contributed by atoms with van der Waals surface area (Å²) in [5, 5.41) is 10.8. The third-order valence-corrected chi connectivity index (χ3v) is 6.38. The summed E-state index contributed by atoms with van der Waals surface area (Å²) in [6.45, 7) is 0.334. The summed E-state index contributed by atoms with van der Waals surface area (Å²) in [4.78, 5) is 26.6. The maximum atomic E-state index is 12.0. The van der Waals surface area contributed by atoms with Crippen molar-refractivity contribution in [3.8, 4) is 0 Å². The largest absolute Gasteiger partial charge is 0.391 e. The molecule has 5 nitrogen and oxygen atoms in total. The van der Waals surface area contributed by atoms with E-state index in [2.05, 4.69) is 0 Å². The Labute approximate surface area is 125 Å². The van der Waals surface area contributed by atoms with E-state index in [1.807, 2.05) is 0 Å². The normalized spacial score (nSPS) is 43.0. The summed E-state index contributed by atoms with van der Waals surface area (Å²) in [5.74, 6) is 2.11. The molecule has 4 saturated carbocycles. The second-order valence-electron chi connectivity index (χ2n) is 7.94. The van der Waals surface area contributed by atoms with Crippen molar-refractivity contribution >= 4 is 11.9 Å². The first kappa shape index (κ1) is 13.6. The summed E-state index contributed by atoms with van der Waals surface area (Å²) < 4.78 is 0. The Hall–Kier alpha value is -1.10. The molecule has 1 saturated heterocycles. The molecular formula is C16H24N2O3. The van der Waals surface area contributed by atoms with Gasteiger partial charge in [-0.2, -0.15) is 0 Å². The number of amides is 3. The van der Waals surface area contributed by atoms with Crippen molar-refractivity contribution in [2.75, 3.05) is 20.1 Å². The number of β-amino-alcohol motifs (C(OH)–C–C–N with tert-alkyl or cyclic N) is 1. The van der Waals surface area contributed by atoms with Gasteiger partial charge in [0.25, 0.3) is 0 Å². The van der Waals surface area contributed by atoms with Crippen LogP contribution in [0.2, 0.25) is 0 Å². The highest BCUT2D eigenvalue weighted by Crippen LogP contribution is 2.61. The van der Waals surface area contributed by atoms with Gasteiger partial charge in [-0.25, -0.2) is 4.79 Å². The van der Waals surface area contributed by atoms with Crippen LogP contribution in [0.15, 0.2) is 0 Å². The van der Waals surface area contributed by atoms with Gasteiger partial charge in [0.05, 0.1) is 12.6 Å². The molecular weight excluding hydrogens is 268 g/mol. The van der Waals surface area contributed by atoms with Crippen LogP contribution in [0.25, 0.3) is 0 Å². The van der Waals surface area contributed by atoms with Crippen LogP contribution in [0.3, 0.4) is 0 Å². The number of hydrogen-bond donors (Lipinski definition) is 1. The van der Waals surface area contributed by atoms with Crippen molar-refractivity contribution in [2.45, 2.75) is 44.6 Å². The van der Waals surface area contributed by atoms with E-state index in [0.29, 0.717) is 0 Å². The number of imide groups is 1. The van der Waals surface area contributed by atoms with Crippen LogP contribution >= 0.6 is 0 Å². The monoisotopic (exact) mass is 292 g/mol. The van der Waals surface area contributed by atoms with E-state index in [-0.39, 0.29) is 30.4 Å². The zero-order chi connectivity index (χ0) is 14.8. The number of urea groups is 1. The van der Waals surface area contributed by atoms with Gasteiger partial charge in [-0.05, 0) is 61.7 Å². The van der Waals surface area contributed by atoms with E-state index in [4.69, 9.17) is 0 Å². The average Bonchev–Trinajstić information content (AvgIpc) is 2.64. The van der Waals surface area contributed by atoms with Crippen LogP contribution in [0.4, 0.5) is 4.79 Å².